The van der Waals surface area contributed by atoms with Crippen LogP contribution in [0.25, 0.3) is 6.08 Å². The highest BCUT2D eigenvalue weighted by Gasteiger charge is 2.34. The lowest BCUT2D eigenvalue weighted by Crippen LogP contribution is -2.30. The third-order valence-electron chi connectivity index (χ3n) is 3.29. The first-order chi connectivity index (χ1) is 11.4. The van der Waals surface area contributed by atoms with Gasteiger partial charge in [-0.3, -0.25) is 4.79 Å². The molecule has 0 bridgehead atoms. The molecule has 0 unspecified atom stereocenters. The standard InChI is InChI=1S/C16H9Cl2IN2O3/c17-9-2-1-3-10(7-9)21-15(23)13(20-16(21)24)6-8-4-11(18)14(22)12(19)5-8/h1-7,22H,(H,20,24)/b13-6+. The molecule has 122 valence electrons. The minimum atomic E-state index is -0.562. The molecule has 5 nitrogen and oxygen atoms in total. The summed E-state index contributed by atoms with van der Waals surface area (Å²) in [4.78, 5) is 25.6. The van der Waals surface area contributed by atoms with Gasteiger partial charge in [-0.25, -0.2) is 9.69 Å². The second-order valence-corrected chi connectivity index (χ2v) is 6.95. The summed E-state index contributed by atoms with van der Waals surface area (Å²) >= 11 is 13.8. The molecule has 0 atom stereocenters. The molecule has 2 N–H and O–H groups in total. The highest BCUT2D eigenvalue weighted by atomic mass is 127. The first-order valence-electron chi connectivity index (χ1n) is 6.67. The van der Waals surface area contributed by atoms with Crippen LogP contribution < -0.4 is 10.2 Å². The van der Waals surface area contributed by atoms with Gasteiger partial charge in [0.25, 0.3) is 5.91 Å². The second-order valence-electron chi connectivity index (χ2n) is 4.94. The van der Waals surface area contributed by atoms with Crippen LogP contribution in [-0.2, 0) is 4.79 Å². The van der Waals surface area contributed by atoms with Gasteiger partial charge in [0, 0.05) is 5.02 Å². The van der Waals surface area contributed by atoms with E-state index >= 15 is 0 Å². The number of nitrogens with zero attached hydrogens (tertiary/aromatic N) is 1. The Labute approximate surface area is 161 Å². The van der Waals surface area contributed by atoms with Crippen molar-refractivity contribution < 1.29 is 14.7 Å². The lowest BCUT2D eigenvalue weighted by atomic mass is 10.2. The predicted molar refractivity (Wildman–Crippen MR) is 101 cm³/mol. The number of carbonyl (C=O) groups is 2. The van der Waals surface area contributed by atoms with Gasteiger partial charge in [0.2, 0.25) is 0 Å². The van der Waals surface area contributed by atoms with Crippen molar-refractivity contribution in [2.45, 2.75) is 0 Å². The number of phenols is 1. The van der Waals surface area contributed by atoms with Gasteiger partial charge >= 0.3 is 6.03 Å². The zero-order valence-corrected chi connectivity index (χ0v) is 15.6. The normalized spacial score (nSPS) is 16.0. The van der Waals surface area contributed by atoms with Crippen LogP contribution in [-0.4, -0.2) is 17.0 Å². The van der Waals surface area contributed by atoms with E-state index in [0.717, 1.165) is 4.90 Å². The van der Waals surface area contributed by atoms with Gasteiger partial charge in [0.15, 0.2) is 0 Å². The van der Waals surface area contributed by atoms with Gasteiger partial charge in [-0.2, -0.15) is 0 Å². The summed E-state index contributed by atoms with van der Waals surface area (Å²) in [5.41, 5.74) is 1.07. The number of halogens is 3. The molecule has 2 aromatic rings. The highest BCUT2D eigenvalue weighted by molar-refractivity contribution is 14.1. The average molecular weight is 475 g/mol. The number of rotatable bonds is 2. The fraction of sp³-hybridized carbons (Fsp3) is 0. The van der Waals surface area contributed by atoms with Crippen molar-refractivity contribution in [2.75, 3.05) is 4.90 Å². The predicted octanol–water partition coefficient (Wildman–Crippen LogP) is 4.40. The Morgan fingerprint density at radius 2 is 1.92 bits per heavy atom. The fourth-order valence-corrected chi connectivity index (χ4v) is 3.44. The zero-order chi connectivity index (χ0) is 17.4. The third-order valence-corrected chi connectivity index (χ3v) is 4.64. The van der Waals surface area contributed by atoms with E-state index in [1.807, 2.05) is 22.6 Å². The minimum Gasteiger partial charge on any atom is -0.505 e. The number of phenolic OH excluding ortho intramolecular Hbond substituents is 1. The van der Waals surface area contributed by atoms with E-state index in [0.29, 0.717) is 19.8 Å². The lowest BCUT2D eigenvalue weighted by Gasteiger charge is -2.11. The van der Waals surface area contributed by atoms with Crippen molar-refractivity contribution >= 4 is 69.5 Å². The Bertz CT molecular complexity index is 876. The number of carbonyl (C=O) groups excluding carboxylic acids is 2. The van der Waals surface area contributed by atoms with Gasteiger partial charge in [-0.15, -0.1) is 0 Å². The molecule has 0 aliphatic carbocycles. The maximum atomic E-state index is 12.5. The molecule has 2 aromatic carbocycles. The van der Waals surface area contributed by atoms with Crippen LogP contribution in [0.1, 0.15) is 5.56 Å². The summed E-state index contributed by atoms with van der Waals surface area (Å²) in [6, 6.07) is 9.05. The molecule has 3 amide bonds. The van der Waals surface area contributed by atoms with Crippen LogP contribution in [0, 0.1) is 3.57 Å². The van der Waals surface area contributed by atoms with Crippen LogP contribution in [0.15, 0.2) is 42.1 Å². The van der Waals surface area contributed by atoms with Crippen LogP contribution >= 0.6 is 45.8 Å². The SMILES string of the molecule is O=C1N/C(=C/c2cc(Cl)c(O)c(I)c2)C(=O)N1c1cccc(Cl)c1. The molecule has 1 fully saturated rings. The maximum Gasteiger partial charge on any atom is 0.333 e. The van der Waals surface area contributed by atoms with E-state index < -0.39 is 11.9 Å². The summed E-state index contributed by atoms with van der Waals surface area (Å²) in [5.74, 6) is -0.525. The smallest absolute Gasteiger partial charge is 0.333 e. The fourth-order valence-electron chi connectivity index (χ4n) is 2.22. The Kier molecular flexibility index (Phi) is 4.71. The summed E-state index contributed by atoms with van der Waals surface area (Å²) in [5, 5.41) is 12.8. The van der Waals surface area contributed by atoms with E-state index in [9.17, 15) is 14.7 Å². The van der Waals surface area contributed by atoms with Gasteiger partial charge in [-0.1, -0.05) is 29.3 Å². The Hall–Kier alpha value is -1.77. The minimum absolute atomic E-state index is 0.0262. The number of anilines is 1. The molecule has 1 aliphatic rings. The number of nitrogens with one attached hydrogen (secondary N) is 1. The van der Waals surface area contributed by atoms with Crippen LogP contribution in [0.2, 0.25) is 10.0 Å². The number of aromatic hydroxyl groups is 1. The van der Waals surface area contributed by atoms with Crippen molar-refractivity contribution in [3.63, 3.8) is 0 Å². The van der Waals surface area contributed by atoms with Crippen molar-refractivity contribution in [3.05, 3.63) is 61.3 Å². The maximum absolute atomic E-state index is 12.5. The van der Waals surface area contributed by atoms with Crippen LogP contribution in [0.5, 0.6) is 5.75 Å². The summed E-state index contributed by atoms with van der Waals surface area (Å²) in [6.45, 7) is 0. The quantitative estimate of drug-likeness (QED) is 0.385. The van der Waals surface area contributed by atoms with E-state index in [4.69, 9.17) is 23.2 Å². The Morgan fingerprint density at radius 1 is 1.17 bits per heavy atom. The molecule has 3 rings (SSSR count). The molecular formula is C16H9Cl2IN2O3. The number of benzene rings is 2. The Balaban J connectivity index is 1.97. The van der Waals surface area contributed by atoms with E-state index in [-0.39, 0.29) is 16.5 Å². The monoisotopic (exact) mass is 474 g/mol. The topological polar surface area (TPSA) is 69.6 Å². The number of urea groups is 1. The van der Waals surface area contributed by atoms with E-state index in [1.54, 1.807) is 24.3 Å². The molecule has 0 saturated carbocycles. The molecule has 1 saturated heterocycles. The van der Waals surface area contributed by atoms with Gasteiger partial charge < -0.3 is 10.4 Å². The van der Waals surface area contributed by atoms with Gasteiger partial charge in [0.05, 0.1) is 14.3 Å². The molecule has 0 radical (unpaired) electrons. The van der Waals surface area contributed by atoms with Gasteiger partial charge in [0.1, 0.15) is 11.4 Å². The van der Waals surface area contributed by atoms with Crippen molar-refractivity contribution in [1.82, 2.24) is 5.32 Å². The molecule has 24 heavy (non-hydrogen) atoms. The van der Waals surface area contributed by atoms with Gasteiger partial charge in [-0.05, 0) is 64.6 Å². The number of imide groups is 1. The lowest BCUT2D eigenvalue weighted by molar-refractivity contribution is -0.113. The zero-order valence-electron chi connectivity index (χ0n) is 11.9. The molecular weight excluding hydrogens is 466 g/mol. The van der Waals surface area contributed by atoms with E-state index in [1.165, 1.54) is 18.2 Å². The second kappa shape index (κ2) is 6.62. The summed E-state index contributed by atoms with van der Waals surface area (Å²) < 4.78 is 0.537. The van der Waals surface area contributed by atoms with E-state index in [2.05, 4.69) is 5.32 Å². The average Bonchev–Trinajstić information content (AvgIpc) is 2.79. The first-order valence-corrected chi connectivity index (χ1v) is 8.51. The molecule has 8 heteroatoms. The number of amides is 3. The van der Waals surface area contributed by atoms with Crippen LogP contribution in [0.3, 0.4) is 0 Å². The Morgan fingerprint density at radius 3 is 2.58 bits per heavy atom. The van der Waals surface area contributed by atoms with Crippen molar-refractivity contribution in [1.29, 1.82) is 0 Å². The number of hydrogen-bond acceptors (Lipinski definition) is 3. The van der Waals surface area contributed by atoms with Crippen LogP contribution in [0.4, 0.5) is 10.5 Å². The number of hydrogen-bond donors (Lipinski definition) is 2. The highest BCUT2D eigenvalue weighted by Crippen LogP contribution is 2.31. The largest absolute Gasteiger partial charge is 0.505 e. The molecule has 0 spiro atoms. The van der Waals surface area contributed by atoms with Crippen molar-refractivity contribution in [2.24, 2.45) is 0 Å². The summed E-state index contributed by atoms with van der Waals surface area (Å²) in [6.07, 6.45) is 1.50. The van der Waals surface area contributed by atoms with Crippen molar-refractivity contribution in [3.8, 4) is 5.75 Å². The molecule has 0 aromatic heterocycles. The summed E-state index contributed by atoms with van der Waals surface area (Å²) in [7, 11) is 0. The third kappa shape index (κ3) is 3.22. The molecule has 1 heterocycles. The first kappa shape index (κ1) is 17.1. The molecule has 1 aliphatic heterocycles.